The molecule has 1 aliphatic carbocycles. The predicted molar refractivity (Wildman–Crippen MR) is 68.2 cm³/mol. The average Bonchev–Trinajstić information content (AvgIpc) is 2.72. The van der Waals surface area contributed by atoms with Crippen LogP contribution in [-0.2, 0) is 6.54 Å². The van der Waals surface area contributed by atoms with Crippen molar-refractivity contribution in [1.29, 1.82) is 0 Å². The molecule has 0 aliphatic heterocycles. The van der Waals surface area contributed by atoms with Crippen LogP contribution in [0.1, 0.15) is 31.2 Å². The predicted octanol–water partition coefficient (Wildman–Crippen LogP) is 3.46. The van der Waals surface area contributed by atoms with Crippen molar-refractivity contribution in [3.05, 3.63) is 33.1 Å². The van der Waals surface area contributed by atoms with E-state index in [1.165, 1.54) is 25.7 Å². The first-order valence-electron chi connectivity index (χ1n) is 5.43. The number of nitrogens with one attached hydrogen (secondary N) is 1. The molecule has 82 valence electrons. The fourth-order valence-corrected chi connectivity index (χ4v) is 2.62. The summed E-state index contributed by atoms with van der Waals surface area (Å²) in [6.07, 6.45) is 5.11. The highest BCUT2D eigenvalue weighted by Gasteiger charge is 2.14. The molecular formula is C12H15FIN. The van der Waals surface area contributed by atoms with Gasteiger partial charge in [0.2, 0.25) is 0 Å². The summed E-state index contributed by atoms with van der Waals surface area (Å²) in [7, 11) is 0. The van der Waals surface area contributed by atoms with Gasteiger partial charge in [0.05, 0.1) is 0 Å². The van der Waals surface area contributed by atoms with Crippen molar-refractivity contribution in [3.8, 4) is 0 Å². The van der Waals surface area contributed by atoms with Crippen LogP contribution in [0.4, 0.5) is 4.39 Å². The second kappa shape index (κ2) is 5.25. The van der Waals surface area contributed by atoms with Gasteiger partial charge in [-0.3, -0.25) is 0 Å². The first-order valence-corrected chi connectivity index (χ1v) is 6.51. The summed E-state index contributed by atoms with van der Waals surface area (Å²) in [4.78, 5) is 0. The first-order chi connectivity index (χ1) is 7.25. The number of hydrogen-bond donors (Lipinski definition) is 1. The summed E-state index contributed by atoms with van der Waals surface area (Å²) in [6, 6.07) is 5.86. The smallest absolute Gasteiger partial charge is 0.127 e. The van der Waals surface area contributed by atoms with Gasteiger partial charge in [0, 0.05) is 21.7 Å². The molecule has 1 nitrogen and oxygen atoms in total. The second-order valence-corrected chi connectivity index (χ2v) is 5.34. The Morgan fingerprint density at radius 3 is 2.80 bits per heavy atom. The lowest BCUT2D eigenvalue weighted by Gasteiger charge is -2.12. The zero-order valence-corrected chi connectivity index (χ0v) is 10.8. The van der Waals surface area contributed by atoms with E-state index in [1.807, 2.05) is 6.07 Å². The minimum atomic E-state index is -0.0964. The summed E-state index contributed by atoms with van der Waals surface area (Å²) < 4.78 is 14.5. The largest absolute Gasteiger partial charge is 0.310 e. The van der Waals surface area contributed by atoms with Crippen LogP contribution in [0.3, 0.4) is 0 Å². The Morgan fingerprint density at radius 2 is 2.07 bits per heavy atom. The van der Waals surface area contributed by atoms with Gasteiger partial charge in [-0.25, -0.2) is 4.39 Å². The SMILES string of the molecule is Fc1ccc(I)cc1CNC1CCCC1. The summed E-state index contributed by atoms with van der Waals surface area (Å²) in [5, 5.41) is 3.42. The molecule has 2 rings (SSSR count). The normalized spacial score (nSPS) is 17.2. The Hall–Kier alpha value is -0.160. The number of halogens is 2. The summed E-state index contributed by atoms with van der Waals surface area (Å²) in [5.74, 6) is -0.0964. The molecule has 1 fully saturated rings. The van der Waals surface area contributed by atoms with E-state index in [0.29, 0.717) is 12.6 Å². The second-order valence-electron chi connectivity index (χ2n) is 4.10. The molecule has 1 aliphatic rings. The van der Waals surface area contributed by atoms with E-state index >= 15 is 0 Å². The maximum Gasteiger partial charge on any atom is 0.127 e. The molecule has 0 atom stereocenters. The molecule has 15 heavy (non-hydrogen) atoms. The third kappa shape index (κ3) is 3.14. The molecule has 3 heteroatoms. The fourth-order valence-electron chi connectivity index (χ4n) is 2.06. The first kappa shape index (κ1) is 11.3. The van der Waals surface area contributed by atoms with Crippen molar-refractivity contribution in [2.75, 3.05) is 0 Å². The summed E-state index contributed by atoms with van der Waals surface area (Å²) >= 11 is 2.22. The quantitative estimate of drug-likeness (QED) is 0.842. The molecule has 0 radical (unpaired) electrons. The molecule has 1 aromatic rings. The Bertz CT molecular complexity index is 334. The van der Waals surface area contributed by atoms with E-state index in [9.17, 15) is 4.39 Å². The lowest BCUT2D eigenvalue weighted by molar-refractivity contribution is 0.508. The topological polar surface area (TPSA) is 12.0 Å². The molecule has 1 N–H and O–H groups in total. The van der Waals surface area contributed by atoms with Crippen LogP contribution in [-0.4, -0.2) is 6.04 Å². The molecule has 0 saturated heterocycles. The van der Waals surface area contributed by atoms with Gasteiger partial charge in [-0.1, -0.05) is 12.8 Å². The molecular weight excluding hydrogens is 304 g/mol. The number of hydrogen-bond acceptors (Lipinski definition) is 1. The highest BCUT2D eigenvalue weighted by Crippen LogP contribution is 2.19. The van der Waals surface area contributed by atoms with Crippen LogP contribution in [0.5, 0.6) is 0 Å². The standard InChI is InChI=1S/C12H15FIN/c13-12-6-5-10(14)7-9(12)8-15-11-3-1-2-4-11/h5-7,11,15H,1-4,8H2. The molecule has 1 saturated carbocycles. The Labute approximate surface area is 104 Å². The van der Waals surface area contributed by atoms with E-state index in [4.69, 9.17) is 0 Å². The molecule has 0 spiro atoms. The molecule has 0 heterocycles. The highest BCUT2D eigenvalue weighted by molar-refractivity contribution is 14.1. The lowest BCUT2D eigenvalue weighted by atomic mass is 10.2. The van der Waals surface area contributed by atoms with Crippen molar-refractivity contribution in [1.82, 2.24) is 5.32 Å². The maximum absolute atomic E-state index is 13.4. The number of benzene rings is 1. The van der Waals surface area contributed by atoms with E-state index < -0.39 is 0 Å². The van der Waals surface area contributed by atoms with Crippen LogP contribution in [0.2, 0.25) is 0 Å². The van der Waals surface area contributed by atoms with Gasteiger partial charge in [0.15, 0.2) is 0 Å². The van der Waals surface area contributed by atoms with Crippen LogP contribution in [0, 0.1) is 9.39 Å². The summed E-state index contributed by atoms with van der Waals surface area (Å²) in [6.45, 7) is 0.660. The third-order valence-electron chi connectivity index (χ3n) is 2.94. The van der Waals surface area contributed by atoms with Crippen LogP contribution >= 0.6 is 22.6 Å². The van der Waals surface area contributed by atoms with Gasteiger partial charge in [-0.05, 0) is 53.6 Å². The van der Waals surface area contributed by atoms with Gasteiger partial charge >= 0.3 is 0 Å². The van der Waals surface area contributed by atoms with Crippen LogP contribution in [0.15, 0.2) is 18.2 Å². The van der Waals surface area contributed by atoms with E-state index in [2.05, 4.69) is 27.9 Å². The van der Waals surface area contributed by atoms with Gasteiger partial charge in [0.25, 0.3) is 0 Å². The molecule has 0 amide bonds. The van der Waals surface area contributed by atoms with E-state index in [1.54, 1.807) is 12.1 Å². The fraction of sp³-hybridized carbons (Fsp3) is 0.500. The monoisotopic (exact) mass is 319 g/mol. The van der Waals surface area contributed by atoms with Crippen LogP contribution in [0.25, 0.3) is 0 Å². The minimum Gasteiger partial charge on any atom is -0.310 e. The highest BCUT2D eigenvalue weighted by atomic mass is 127. The third-order valence-corrected chi connectivity index (χ3v) is 3.62. The van der Waals surface area contributed by atoms with Crippen molar-refractivity contribution >= 4 is 22.6 Å². The Kier molecular flexibility index (Phi) is 3.97. The van der Waals surface area contributed by atoms with Gasteiger partial charge in [-0.15, -0.1) is 0 Å². The Balaban J connectivity index is 1.94. The molecule has 0 aromatic heterocycles. The van der Waals surface area contributed by atoms with Crippen molar-refractivity contribution in [2.45, 2.75) is 38.3 Å². The van der Waals surface area contributed by atoms with Crippen molar-refractivity contribution < 1.29 is 4.39 Å². The Morgan fingerprint density at radius 1 is 1.33 bits per heavy atom. The van der Waals surface area contributed by atoms with E-state index in [0.717, 1.165) is 9.13 Å². The summed E-state index contributed by atoms with van der Waals surface area (Å²) in [5.41, 5.74) is 0.786. The zero-order chi connectivity index (χ0) is 10.7. The molecule has 1 aromatic carbocycles. The maximum atomic E-state index is 13.4. The number of rotatable bonds is 3. The van der Waals surface area contributed by atoms with Crippen LogP contribution < -0.4 is 5.32 Å². The molecule has 0 bridgehead atoms. The minimum absolute atomic E-state index is 0.0964. The van der Waals surface area contributed by atoms with Gasteiger partial charge in [0.1, 0.15) is 5.82 Å². The lowest BCUT2D eigenvalue weighted by Crippen LogP contribution is -2.25. The van der Waals surface area contributed by atoms with Gasteiger partial charge < -0.3 is 5.32 Å². The zero-order valence-electron chi connectivity index (χ0n) is 8.60. The average molecular weight is 319 g/mol. The van der Waals surface area contributed by atoms with Crippen molar-refractivity contribution in [2.24, 2.45) is 0 Å². The van der Waals surface area contributed by atoms with Gasteiger partial charge in [-0.2, -0.15) is 0 Å². The molecule has 0 unspecified atom stereocenters. The van der Waals surface area contributed by atoms with E-state index in [-0.39, 0.29) is 5.82 Å². The van der Waals surface area contributed by atoms with Crippen molar-refractivity contribution in [3.63, 3.8) is 0 Å².